The fourth-order valence-electron chi connectivity index (χ4n) is 3.22. The number of hydrogen-bond acceptors (Lipinski definition) is 4. The second-order valence-electron chi connectivity index (χ2n) is 6.39. The summed E-state index contributed by atoms with van der Waals surface area (Å²) in [7, 11) is 0. The van der Waals surface area contributed by atoms with Crippen LogP contribution in [0.1, 0.15) is 30.2 Å². The zero-order chi connectivity index (χ0) is 16.9. The van der Waals surface area contributed by atoms with Gasteiger partial charge in [-0.2, -0.15) is 0 Å². The number of halogens is 1. The summed E-state index contributed by atoms with van der Waals surface area (Å²) in [5.74, 6) is 0.611. The van der Waals surface area contributed by atoms with Crippen LogP contribution in [0.2, 0.25) is 5.02 Å². The molecular formula is C18H22ClN3OS. The van der Waals surface area contributed by atoms with Crippen molar-refractivity contribution in [2.75, 3.05) is 18.4 Å². The molecule has 24 heavy (non-hydrogen) atoms. The standard InChI is InChI=1S/C18H22ClN3OS/c1-13(23)21-18-20-10-17(24-18)12-22-8-2-3-15(11-22)9-14-4-6-16(19)7-5-14/h4-7,10,15H,2-3,8-9,11-12H2,1H3,(H,20,21,23). The van der Waals surface area contributed by atoms with Crippen LogP contribution in [0, 0.1) is 5.92 Å². The lowest BCUT2D eigenvalue weighted by molar-refractivity contribution is -0.114. The van der Waals surface area contributed by atoms with E-state index >= 15 is 0 Å². The highest BCUT2D eigenvalue weighted by atomic mass is 35.5. The van der Waals surface area contributed by atoms with Crippen LogP contribution in [0.4, 0.5) is 5.13 Å². The molecule has 0 spiro atoms. The van der Waals surface area contributed by atoms with Gasteiger partial charge in [0.25, 0.3) is 0 Å². The molecule has 2 aromatic rings. The third-order valence-corrected chi connectivity index (χ3v) is 5.41. The van der Waals surface area contributed by atoms with Gasteiger partial charge in [0, 0.05) is 36.1 Å². The zero-order valence-corrected chi connectivity index (χ0v) is 15.4. The quantitative estimate of drug-likeness (QED) is 0.865. The lowest BCUT2D eigenvalue weighted by Crippen LogP contribution is -2.35. The van der Waals surface area contributed by atoms with E-state index < -0.39 is 0 Å². The highest BCUT2D eigenvalue weighted by Gasteiger charge is 2.21. The van der Waals surface area contributed by atoms with E-state index in [2.05, 4.69) is 27.3 Å². The first-order valence-corrected chi connectivity index (χ1v) is 9.47. The number of aromatic nitrogens is 1. The average Bonchev–Trinajstić information content (AvgIpc) is 2.96. The number of hydrogen-bond donors (Lipinski definition) is 1. The van der Waals surface area contributed by atoms with Gasteiger partial charge in [-0.1, -0.05) is 23.7 Å². The summed E-state index contributed by atoms with van der Waals surface area (Å²) in [6.45, 7) is 4.65. The molecule has 6 heteroatoms. The minimum Gasteiger partial charge on any atom is -0.302 e. The SMILES string of the molecule is CC(=O)Nc1ncc(CN2CCCC(Cc3ccc(Cl)cc3)C2)s1. The van der Waals surface area contributed by atoms with Crippen molar-refractivity contribution >= 4 is 34.0 Å². The molecule has 1 aromatic carbocycles. The van der Waals surface area contributed by atoms with Crippen LogP contribution in [-0.2, 0) is 17.8 Å². The Hall–Kier alpha value is -1.43. The normalized spacial score (nSPS) is 18.5. The van der Waals surface area contributed by atoms with E-state index in [9.17, 15) is 4.79 Å². The number of nitrogens with zero attached hydrogens (tertiary/aromatic N) is 2. The number of benzene rings is 1. The first-order chi connectivity index (χ1) is 11.6. The van der Waals surface area contributed by atoms with Crippen molar-refractivity contribution in [3.05, 3.63) is 45.9 Å². The molecule has 4 nitrogen and oxygen atoms in total. The smallest absolute Gasteiger partial charge is 0.223 e. The monoisotopic (exact) mass is 363 g/mol. The number of amides is 1. The van der Waals surface area contributed by atoms with Crippen LogP contribution in [0.25, 0.3) is 0 Å². The molecule has 2 heterocycles. The molecule has 1 aromatic heterocycles. The van der Waals surface area contributed by atoms with E-state index in [4.69, 9.17) is 11.6 Å². The number of piperidine rings is 1. The van der Waals surface area contributed by atoms with Crippen LogP contribution in [0.5, 0.6) is 0 Å². The molecule has 1 amide bonds. The van der Waals surface area contributed by atoms with Gasteiger partial charge in [0.05, 0.1) is 0 Å². The Labute approximate surface area is 151 Å². The lowest BCUT2D eigenvalue weighted by Gasteiger charge is -2.32. The third kappa shape index (κ3) is 5.03. The van der Waals surface area contributed by atoms with Crippen LogP contribution in [0.15, 0.2) is 30.5 Å². The summed E-state index contributed by atoms with van der Waals surface area (Å²) in [5.41, 5.74) is 1.36. The molecule has 0 saturated carbocycles. The Bertz CT molecular complexity index is 686. The summed E-state index contributed by atoms with van der Waals surface area (Å²) >= 11 is 7.52. The molecular weight excluding hydrogens is 342 g/mol. The second-order valence-corrected chi connectivity index (χ2v) is 7.94. The number of carbonyl (C=O) groups is 1. The van der Waals surface area contributed by atoms with E-state index in [0.29, 0.717) is 11.0 Å². The molecule has 1 N–H and O–H groups in total. The molecule has 0 radical (unpaired) electrons. The molecule has 1 aliphatic heterocycles. The first-order valence-electron chi connectivity index (χ1n) is 8.27. The van der Waals surface area contributed by atoms with E-state index in [0.717, 1.165) is 31.1 Å². The Morgan fingerprint density at radius 3 is 2.96 bits per heavy atom. The van der Waals surface area contributed by atoms with Crippen LogP contribution < -0.4 is 5.32 Å². The number of rotatable bonds is 5. The van der Waals surface area contributed by atoms with Crippen molar-refractivity contribution in [2.45, 2.75) is 32.7 Å². The molecule has 0 aliphatic carbocycles. The predicted octanol–water partition coefficient (Wildman–Crippen LogP) is 4.21. The molecule has 1 fully saturated rings. The summed E-state index contributed by atoms with van der Waals surface area (Å²) in [6, 6.07) is 8.20. The van der Waals surface area contributed by atoms with Gasteiger partial charge in [-0.15, -0.1) is 11.3 Å². The lowest BCUT2D eigenvalue weighted by atomic mass is 9.91. The summed E-state index contributed by atoms with van der Waals surface area (Å²) in [4.78, 5) is 19.0. The summed E-state index contributed by atoms with van der Waals surface area (Å²) in [6.07, 6.45) is 5.49. The fourth-order valence-corrected chi connectivity index (χ4v) is 4.25. The highest BCUT2D eigenvalue weighted by Crippen LogP contribution is 2.25. The zero-order valence-electron chi connectivity index (χ0n) is 13.8. The largest absolute Gasteiger partial charge is 0.302 e. The van der Waals surface area contributed by atoms with Gasteiger partial charge in [-0.3, -0.25) is 9.69 Å². The molecule has 128 valence electrons. The minimum atomic E-state index is -0.0723. The minimum absolute atomic E-state index is 0.0723. The molecule has 1 atom stereocenters. The molecule has 3 rings (SSSR count). The Morgan fingerprint density at radius 1 is 1.42 bits per heavy atom. The Morgan fingerprint density at radius 2 is 2.21 bits per heavy atom. The maximum atomic E-state index is 11.1. The van der Waals surface area contributed by atoms with E-state index in [-0.39, 0.29) is 5.91 Å². The molecule has 0 bridgehead atoms. The van der Waals surface area contributed by atoms with Crippen molar-refractivity contribution in [3.63, 3.8) is 0 Å². The van der Waals surface area contributed by atoms with Crippen molar-refractivity contribution < 1.29 is 4.79 Å². The second kappa shape index (κ2) is 8.10. The molecule has 1 saturated heterocycles. The summed E-state index contributed by atoms with van der Waals surface area (Å²) in [5, 5.41) is 4.23. The summed E-state index contributed by atoms with van der Waals surface area (Å²) < 4.78 is 0. The van der Waals surface area contributed by atoms with Crippen LogP contribution >= 0.6 is 22.9 Å². The number of carbonyl (C=O) groups excluding carboxylic acids is 1. The predicted molar refractivity (Wildman–Crippen MR) is 99.6 cm³/mol. The van der Waals surface area contributed by atoms with Crippen LogP contribution in [0.3, 0.4) is 0 Å². The van der Waals surface area contributed by atoms with E-state index in [1.54, 1.807) is 11.3 Å². The van der Waals surface area contributed by atoms with Gasteiger partial charge in [-0.25, -0.2) is 4.98 Å². The molecule has 1 aliphatic rings. The highest BCUT2D eigenvalue weighted by molar-refractivity contribution is 7.15. The van der Waals surface area contributed by atoms with Gasteiger partial charge in [-0.05, 0) is 49.4 Å². The van der Waals surface area contributed by atoms with Crippen molar-refractivity contribution in [1.82, 2.24) is 9.88 Å². The van der Waals surface area contributed by atoms with Gasteiger partial charge >= 0.3 is 0 Å². The number of anilines is 1. The van der Waals surface area contributed by atoms with Gasteiger partial charge in [0.2, 0.25) is 5.91 Å². The topological polar surface area (TPSA) is 45.2 Å². The van der Waals surface area contributed by atoms with Gasteiger partial charge < -0.3 is 5.32 Å². The van der Waals surface area contributed by atoms with Crippen molar-refractivity contribution in [1.29, 1.82) is 0 Å². The number of likely N-dealkylation sites (tertiary alicyclic amines) is 1. The van der Waals surface area contributed by atoms with Crippen molar-refractivity contribution in [2.24, 2.45) is 5.92 Å². The number of thiazole rings is 1. The fraction of sp³-hybridized carbons (Fsp3) is 0.444. The van der Waals surface area contributed by atoms with Crippen LogP contribution in [-0.4, -0.2) is 28.9 Å². The third-order valence-electron chi connectivity index (χ3n) is 4.26. The van der Waals surface area contributed by atoms with E-state index in [1.807, 2.05) is 18.3 Å². The maximum Gasteiger partial charge on any atom is 0.223 e. The van der Waals surface area contributed by atoms with Gasteiger partial charge in [0.15, 0.2) is 5.13 Å². The average molecular weight is 364 g/mol. The van der Waals surface area contributed by atoms with E-state index in [1.165, 1.54) is 30.2 Å². The molecule has 1 unspecified atom stereocenters. The van der Waals surface area contributed by atoms with Crippen molar-refractivity contribution in [3.8, 4) is 0 Å². The first kappa shape index (κ1) is 17.4. The van der Waals surface area contributed by atoms with Gasteiger partial charge in [0.1, 0.15) is 0 Å². The Kier molecular flexibility index (Phi) is 5.87. The number of nitrogens with one attached hydrogen (secondary N) is 1. The maximum absolute atomic E-state index is 11.1. The Balaban J connectivity index is 1.54.